The van der Waals surface area contributed by atoms with Crippen molar-refractivity contribution in [2.24, 2.45) is 0 Å². The van der Waals surface area contributed by atoms with E-state index in [1.165, 1.54) is 84.8 Å². The molecule has 0 radical (unpaired) electrons. The summed E-state index contributed by atoms with van der Waals surface area (Å²) in [6.07, 6.45) is 3.83. The first kappa shape index (κ1) is 25.8. The molecule has 0 aromatic heterocycles. The van der Waals surface area contributed by atoms with Crippen molar-refractivity contribution >= 4 is 50.0 Å². The first-order valence-corrected chi connectivity index (χ1v) is 16.2. The minimum atomic E-state index is 0.160. The van der Waals surface area contributed by atoms with Gasteiger partial charge in [-0.05, 0) is 77.3 Å². The minimum Gasteiger partial charge on any atom is -0.0735 e. The summed E-state index contributed by atoms with van der Waals surface area (Å²) in [7, 11) is 0. The molecule has 2 unspecified atom stereocenters. The standard InChI is InChI=1S/C43H35B/c1-42-26-13-27-43(42,2)44(31-16-4-3-5-17-31)39-25-24-30(28-38(39)42)40-34-19-8-10-21-36(34)41(37-22-11-9-20-35(37)40)33-23-12-15-29-14-6-7-18-32(29)33/h3-12,14-25,28H,13,26-27H2,1-2H3. The van der Waals surface area contributed by atoms with Crippen LogP contribution in [0.3, 0.4) is 0 Å². The lowest BCUT2D eigenvalue weighted by molar-refractivity contribution is 0.399. The highest BCUT2D eigenvalue weighted by Crippen LogP contribution is 2.64. The van der Waals surface area contributed by atoms with Gasteiger partial charge < -0.3 is 0 Å². The van der Waals surface area contributed by atoms with Gasteiger partial charge in [0, 0.05) is 0 Å². The van der Waals surface area contributed by atoms with E-state index in [2.05, 4.69) is 153 Å². The molecule has 0 amide bonds. The van der Waals surface area contributed by atoms with Gasteiger partial charge in [0.05, 0.1) is 0 Å². The molecule has 1 aliphatic carbocycles. The predicted molar refractivity (Wildman–Crippen MR) is 191 cm³/mol. The molecule has 0 nitrogen and oxygen atoms in total. The van der Waals surface area contributed by atoms with Gasteiger partial charge in [-0.3, -0.25) is 0 Å². The topological polar surface area (TPSA) is 0 Å². The molecule has 0 spiro atoms. The van der Waals surface area contributed by atoms with Gasteiger partial charge in [-0.25, -0.2) is 0 Å². The Bertz CT molecular complexity index is 2180. The van der Waals surface area contributed by atoms with Crippen LogP contribution in [0.4, 0.5) is 0 Å². The maximum absolute atomic E-state index is 2.59. The first-order valence-electron chi connectivity index (χ1n) is 16.2. The van der Waals surface area contributed by atoms with E-state index in [1.54, 1.807) is 5.56 Å². The van der Waals surface area contributed by atoms with Crippen molar-refractivity contribution in [1.82, 2.24) is 0 Å². The molecule has 1 aliphatic heterocycles. The van der Waals surface area contributed by atoms with Gasteiger partial charge in [-0.2, -0.15) is 0 Å². The van der Waals surface area contributed by atoms with Crippen molar-refractivity contribution in [3.8, 4) is 22.3 Å². The number of fused-ring (bicyclic) bond motifs is 6. The molecular formula is C43H35B. The van der Waals surface area contributed by atoms with E-state index in [0.717, 1.165) is 0 Å². The number of hydrogen-bond donors (Lipinski definition) is 0. The van der Waals surface area contributed by atoms with E-state index in [-0.39, 0.29) is 10.7 Å². The molecule has 1 fully saturated rings. The lowest BCUT2D eigenvalue weighted by atomic mass is 9.28. The Kier molecular flexibility index (Phi) is 5.55. The van der Waals surface area contributed by atoms with Crippen LogP contribution in [0.15, 0.2) is 140 Å². The van der Waals surface area contributed by atoms with Crippen molar-refractivity contribution in [3.05, 3.63) is 145 Å². The van der Waals surface area contributed by atoms with Crippen LogP contribution in [0.5, 0.6) is 0 Å². The Morgan fingerprint density at radius 2 is 1.11 bits per heavy atom. The van der Waals surface area contributed by atoms with Crippen molar-refractivity contribution in [1.29, 1.82) is 0 Å². The fraction of sp³-hybridized carbons (Fsp3) is 0.163. The van der Waals surface area contributed by atoms with E-state index >= 15 is 0 Å². The molecule has 0 N–H and O–H groups in total. The highest BCUT2D eigenvalue weighted by atomic mass is 14.5. The van der Waals surface area contributed by atoms with Crippen molar-refractivity contribution in [3.63, 3.8) is 0 Å². The zero-order chi connectivity index (χ0) is 29.5. The molecule has 2 atom stereocenters. The van der Waals surface area contributed by atoms with Crippen molar-refractivity contribution < 1.29 is 0 Å². The molecule has 0 saturated heterocycles. The van der Waals surface area contributed by atoms with Gasteiger partial charge in [0.25, 0.3) is 0 Å². The summed E-state index contributed by atoms with van der Waals surface area (Å²) >= 11 is 0. The van der Waals surface area contributed by atoms with Crippen LogP contribution in [0.25, 0.3) is 54.6 Å². The molecule has 210 valence electrons. The Morgan fingerprint density at radius 3 is 1.82 bits per heavy atom. The van der Waals surface area contributed by atoms with Crippen LogP contribution in [-0.4, -0.2) is 6.71 Å². The van der Waals surface area contributed by atoms with Gasteiger partial charge in [0.2, 0.25) is 6.71 Å². The molecule has 1 heterocycles. The zero-order valence-corrected chi connectivity index (χ0v) is 25.5. The highest BCUT2D eigenvalue weighted by molar-refractivity contribution is 6.89. The molecule has 7 aromatic carbocycles. The molecular weight excluding hydrogens is 527 g/mol. The summed E-state index contributed by atoms with van der Waals surface area (Å²) in [5, 5.41) is 8.08. The van der Waals surface area contributed by atoms with E-state index in [4.69, 9.17) is 0 Å². The lowest BCUT2D eigenvalue weighted by Gasteiger charge is -2.39. The Hall–Kier alpha value is -4.62. The van der Waals surface area contributed by atoms with Crippen LogP contribution in [-0.2, 0) is 5.41 Å². The van der Waals surface area contributed by atoms with E-state index in [1.807, 2.05) is 0 Å². The van der Waals surface area contributed by atoms with Gasteiger partial charge in [-0.15, -0.1) is 0 Å². The summed E-state index contributed by atoms with van der Waals surface area (Å²) in [6.45, 7) is 5.56. The minimum absolute atomic E-state index is 0.160. The zero-order valence-electron chi connectivity index (χ0n) is 25.5. The van der Waals surface area contributed by atoms with Crippen LogP contribution in [0.2, 0.25) is 5.31 Å². The fourth-order valence-electron chi connectivity index (χ4n) is 9.43. The van der Waals surface area contributed by atoms with Gasteiger partial charge >= 0.3 is 0 Å². The molecule has 7 aromatic rings. The first-order chi connectivity index (χ1) is 21.6. The normalized spacial score (nSPS) is 20.8. The number of rotatable bonds is 3. The third-order valence-electron chi connectivity index (χ3n) is 11.6. The van der Waals surface area contributed by atoms with Crippen LogP contribution in [0.1, 0.15) is 38.7 Å². The van der Waals surface area contributed by atoms with Crippen LogP contribution < -0.4 is 10.9 Å². The Balaban J connectivity index is 1.34. The second-order valence-corrected chi connectivity index (χ2v) is 13.6. The fourth-order valence-corrected chi connectivity index (χ4v) is 9.43. The van der Waals surface area contributed by atoms with Crippen LogP contribution in [0, 0.1) is 0 Å². The predicted octanol–water partition coefficient (Wildman–Crippen LogP) is 10.3. The summed E-state index contributed by atoms with van der Waals surface area (Å²) in [6, 6.07) is 52.5. The summed E-state index contributed by atoms with van der Waals surface area (Å²) in [5.74, 6) is 0. The summed E-state index contributed by atoms with van der Waals surface area (Å²) in [4.78, 5) is 0. The van der Waals surface area contributed by atoms with Crippen LogP contribution >= 0.6 is 0 Å². The average molecular weight is 563 g/mol. The average Bonchev–Trinajstić information content (AvgIpc) is 3.47. The smallest absolute Gasteiger partial charge is 0.0735 e. The molecule has 9 rings (SSSR count). The maximum Gasteiger partial charge on any atom is 0.216 e. The molecule has 1 heteroatoms. The van der Waals surface area contributed by atoms with E-state index < -0.39 is 0 Å². The van der Waals surface area contributed by atoms with Crippen molar-refractivity contribution in [2.75, 3.05) is 0 Å². The second-order valence-electron chi connectivity index (χ2n) is 13.6. The van der Waals surface area contributed by atoms with E-state index in [0.29, 0.717) is 6.71 Å². The SMILES string of the molecule is CC12CCCC1(C)c1cc(-c3c4ccccc4c(-c4cccc5ccccc45)c4ccccc34)ccc1B2c1ccccc1. The lowest BCUT2D eigenvalue weighted by Crippen LogP contribution is -2.48. The summed E-state index contributed by atoms with van der Waals surface area (Å²) in [5.41, 5.74) is 10.0. The highest BCUT2D eigenvalue weighted by Gasteiger charge is 2.61. The molecule has 1 saturated carbocycles. The third kappa shape index (κ3) is 3.42. The van der Waals surface area contributed by atoms with Gasteiger partial charge in [-0.1, -0.05) is 177 Å². The van der Waals surface area contributed by atoms with Gasteiger partial charge in [0.1, 0.15) is 0 Å². The van der Waals surface area contributed by atoms with Crippen molar-refractivity contribution in [2.45, 2.75) is 43.8 Å². The monoisotopic (exact) mass is 562 g/mol. The van der Waals surface area contributed by atoms with Gasteiger partial charge in [0.15, 0.2) is 0 Å². The molecule has 0 bridgehead atoms. The van der Waals surface area contributed by atoms with E-state index in [9.17, 15) is 0 Å². The maximum atomic E-state index is 2.59. The molecule has 2 aliphatic rings. The Labute approximate surface area is 260 Å². The number of hydrogen-bond acceptors (Lipinski definition) is 0. The quantitative estimate of drug-likeness (QED) is 0.148. The molecule has 44 heavy (non-hydrogen) atoms. The largest absolute Gasteiger partial charge is 0.216 e. The number of benzene rings is 7. The summed E-state index contributed by atoms with van der Waals surface area (Å²) < 4.78 is 0. The second kappa shape index (κ2) is 9.44. The third-order valence-corrected chi connectivity index (χ3v) is 11.6. The Morgan fingerprint density at radius 1 is 0.523 bits per heavy atom.